The quantitative estimate of drug-likeness (QED) is 0.750. The lowest BCUT2D eigenvalue weighted by molar-refractivity contribution is -0.0434. The van der Waals surface area contributed by atoms with Crippen LogP contribution in [0, 0.1) is 5.82 Å². The molecule has 6 heteroatoms. The minimum atomic E-state index is -0.987. The van der Waals surface area contributed by atoms with E-state index in [1.165, 1.54) is 6.07 Å². The molecule has 5 nitrogen and oxygen atoms in total. The van der Waals surface area contributed by atoms with Gasteiger partial charge >= 0.3 is 6.09 Å². The topological polar surface area (TPSA) is 67.8 Å². The molecule has 1 aliphatic rings. The number of benzene rings is 2. The molecule has 0 radical (unpaired) electrons. The second-order valence-electron chi connectivity index (χ2n) is 7.01. The number of alkyl carbamates (subject to hydrolysis) is 1. The normalized spacial score (nSPS) is 20.4. The number of ether oxygens (including phenoxy) is 2. The Morgan fingerprint density at radius 1 is 1.04 bits per heavy atom. The van der Waals surface area contributed by atoms with Crippen LogP contribution in [0.2, 0.25) is 0 Å². The smallest absolute Gasteiger partial charge is 0.407 e. The molecule has 1 saturated carbocycles. The summed E-state index contributed by atoms with van der Waals surface area (Å²) in [6.07, 6.45) is 1.34. The molecule has 1 fully saturated rings. The Balaban J connectivity index is 1.34. The fourth-order valence-corrected chi connectivity index (χ4v) is 3.34. The first-order chi connectivity index (χ1) is 13.6. The summed E-state index contributed by atoms with van der Waals surface area (Å²) in [7, 11) is 0. The Bertz CT molecular complexity index is 747. The number of hydrogen-bond acceptors (Lipinski definition) is 4. The Hall–Kier alpha value is -2.44. The van der Waals surface area contributed by atoms with Crippen molar-refractivity contribution in [1.82, 2.24) is 5.32 Å². The first kappa shape index (κ1) is 20.3. The van der Waals surface area contributed by atoms with Gasteiger partial charge in [-0.3, -0.25) is 0 Å². The van der Waals surface area contributed by atoms with Gasteiger partial charge in [0.1, 0.15) is 18.0 Å². The first-order valence-electron chi connectivity index (χ1n) is 9.64. The van der Waals surface area contributed by atoms with Crippen molar-refractivity contribution >= 4 is 6.09 Å². The molecular formula is C22H26FNO4. The third-order valence-electron chi connectivity index (χ3n) is 4.93. The molecule has 0 aromatic heterocycles. The van der Waals surface area contributed by atoms with Gasteiger partial charge in [-0.25, -0.2) is 9.18 Å². The molecule has 1 aliphatic carbocycles. The summed E-state index contributed by atoms with van der Waals surface area (Å²) in [5.41, 5.74) is 1.26. The maximum atomic E-state index is 13.7. The summed E-state index contributed by atoms with van der Waals surface area (Å²) in [5, 5.41) is 12.9. The minimum absolute atomic E-state index is 0.0198. The summed E-state index contributed by atoms with van der Waals surface area (Å²) < 4.78 is 24.9. The van der Waals surface area contributed by atoms with Crippen LogP contribution in [-0.2, 0) is 16.0 Å². The number of aliphatic hydroxyl groups is 1. The number of nitrogens with one attached hydrogen (secondary N) is 1. The molecule has 28 heavy (non-hydrogen) atoms. The molecule has 150 valence electrons. The van der Waals surface area contributed by atoms with Crippen molar-refractivity contribution in [2.45, 2.75) is 50.5 Å². The van der Waals surface area contributed by atoms with Crippen molar-refractivity contribution in [3.8, 4) is 0 Å². The fourth-order valence-electron chi connectivity index (χ4n) is 3.34. The highest BCUT2D eigenvalue weighted by molar-refractivity contribution is 5.67. The van der Waals surface area contributed by atoms with E-state index in [1.54, 1.807) is 18.2 Å². The van der Waals surface area contributed by atoms with E-state index >= 15 is 0 Å². The van der Waals surface area contributed by atoms with Gasteiger partial charge in [0.05, 0.1) is 12.7 Å². The minimum Gasteiger partial charge on any atom is -0.446 e. The molecule has 0 bridgehead atoms. The summed E-state index contributed by atoms with van der Waals surface area (Å²) >= 11 is 0. The Morgan fingerprint density at radius 3 is 2.39 bits per heavy atom. The first-order valence-corrected chi connectivity index (χ1v) is 9.64. The van der Waals surface area contributed by atoms with E-state index in [2.05, 4.69) is 5.32 Å². The van der Waals surface area contributed by atoms with E-state index < -0.39 is 18.0 Å². The van der Waals surface area contributed by atoms with E-state index in [9.17, 15) is 14.3 Å². The third kappa shape index (κ3) is 6.04. The molecule has 1 amide bonds. The highest BCUT2D eigenvalue weighted by Crippen LogP contribution is 2.25. The number of rotatable bonds is 7. The van der Waals surface area contributed by atoms with Crippen LogP contribution in [0.5, 0.6) is 0 Å². The van der Waals surface area contributed by atoms with Gasteiger partial charge in [0.2, 0.25) is 0 Å². The second kappa shape index (κ2) is 10.2. The maximum Gasteiger partial charge on any atom is 0.407 e. The van der Waals surface area contributed by atoms with Gasteiger partial charge < -0.3 is 19.9 Å². The van der Waals surface area contributed by atoms with Crippen LogP contribution in [0.3, 0.4) is 0 Å². The Kier molecular flexibility index (Phi) is 7.39. The number of carbonyl (C=O) groups excluding carboxylic acids is 1. The highest BCUT2D eigenvalue weighted by Gasteiger charge is 2.25. The predicted octanol–water partition coefficient (Wildman–Crippen LogP) is 4.11. The van der Waals surface area contributed by atoms with Crippen LogP contribution in [0.25, 0.3) is 0 Å². The van der Waals surface area contributed by atoms with Crippen molar-refractivity contribution in [2.24, 2.45) is 0 Å². The van der Waals surface area contributed by atoms with Crippen LogP contribution >= 0.6 is 0 Å². The number of carbonyl (C=O) groups is 1. The van der Waals surface area contributed by atoms with Crippen LogP contribution in [0.4, 0.5) is 9.18 Å². The monoisotopic (exact) mass is 387 g/mol. The van der Waals surface area contributed by atoms with Crippen molar-refractivity contribution in [1.29, 1.82) is 0 Å². The van der Waals surface area contributed by atoms with E-state index in [-0.39, 0.29) is 24.4 Å². The lowest BCUT2D eigenvalue weighted by Gasteiger charge is -2.29. The summed E-state index contributed by atoms with van der Waals surface area (Å²) in [6, 6.07) is 15.8. The van der Waals surface area contributed by atoms with Crippen LogP contribution < -0.4 is 5.32 Å². The Labute approximate surface area is 164 Å². The molecule has 1 unspecified atom stereocenters. The number of hydrogen-bond donors (Lipinski definition) is 2. The van der Waals surface area contributed by atoms with E-state index in [0.717, 1.165) is 18.4 Å². The largest absolute Gasteiger partial charge is 0.446 e. The van der Waals surface area contributed by atoms with E-state index in [0.29, 0.717) is 19.4 Å². The highest BCUT2D eigenvalue weighted by atomic mass is 19.1. The zero-order chi connectivity index (χ0) is 19.8. The van der Waals surface area contributed by atoms with Crippen molar-refractivity contribution < 1.29 is 23.8 Å². The standard InChI is InChI=1S/C22H26FNO4/c23-20-9-5-4-8-19(20)21(25)15-27-17-10-12-18(13-11-17)28-22(26)24-14-16-6-2-1-3-7-16/h1-9,17-18,21,25H,10-15H2,(H,24,26). The van der Waals surface area contributed by atoms with Crippen LogP contribution in [-0.4, -0.2) is 30.0 Å². The van der Waals surface area contributed by atoms with Crippen molar-refractivity contribution in [2.75, 3.05) is 6.61 Å². The molecule has 0 spiro atoms. The van der Waals surface area contributed by atoms with Gasteiger partial charge in [-0.1, -0.05) is 48.5 Å². The van der Waals surface area contributed by atoms with Gasteiger partial charge in [-0.2, -0.15) is 0 Å². The predicted molar refractivity (Wildman–Crippen MR) is 103 cm³/mol. The van der Waals surface area contributed by atoms with Crippen LogP contribution in [0.15, 0.2) is 54.6 Å². The number of aliphatic hydroxyl groups excluding tert-OH is 1. The van der Waals surface area contributed by atoms with Crippen molar-refractivity contribution in [3.05, 3.63) is 71.5 Å². The summed E-state index contributed by atoms with van der Waals surface area (Å²) in [4.78, 5) is 11.9. The molecule has 0 aliphatic heterocycles. The molecule has 0 heterocycles. The average Bonchev–Trinajstić information content (AvgIpc) is 2.72. The number of halogens is 1. The SMILES string of the molecule is O=C(NCc1ccccc1)OC1CCC(OCC(O)c2ccccc2F)CC1. The fraction of sp³-hybridized carbons (Fsp3) is 0.409. The van der Waals surface area contributed by atoms with Crippen LogP contribution in [0.1, 0.15) is 42.9 Å². The molecule has 2 N–H and O–H groups in total. The van der Waals surface area contributed by atoms with Gasteiger partial charge in [-0.15, -0.1) is 0 Å². The average molecular weight is 387 g/mol. The molecule has 1 atom stereocenters. The maximum absolute atomic E-state index is 13.7. The van der Waals surface area contributed by atoms with E-state index in [1.807, 2.05) is 30.3 Å². The molecule has 2 aromatic rings. The second-order valence-corrected chi connectivity index (χ2v) is 7.01. The molecule has 0 saturated heterocycles. The summed E-state index contributed by atoms with van der Waals surface area (Å²) in [6.45, 7) is 0.487. The van der Waals surface area contributed by atoms with E-state index in [4.69, 9.17) is 9.47 Å². The molecule has 3 rings (SSSR count). The van der Waals surface area contributed by atoms with Gasteiger partial charge in [0, 0.05) is 12.1 Å². The third-order valence-corrected chi connectivity index (χ3v) is 4.93. The lowest BCUT2D eigenvalue weighted by atomic mass is 9.95. The molecule has 2 aromatic carbocycles. The zero-order valence-electron chi connectivity index (χ0n) is 15.7. The zero-order valence-corrected chi connectivity index (χ0v) is 15.7. The summed E-state index contributed by atoms with van der Waals surface area (Å²) in [5.74, 6) is -0.433. The van der Waals surface area contributed by atoms with Gasteiger partial charge in [-0.05, 0) is 37.3 Å². The van der Waals surface area contributed by atoms with Gasteiger partial charge in [0.25, 0.3) is 0 Å². The lowest BCUT2D eigenvalue weighted by Crippen LogP contribution is -2.33. The number of amides is 1. The van der Waals surface area contributed by atoms with Crippen molar-refractivity contribution in [3.63, 3.8) is 0 Å². The molecular weight excluding hydrogens is 361 g/mol. The Morgan fingerprint density at radius 2 is 1.68 bits per heavy atom. The van der Waals surface area contributed by atoms with Gasteiger partial charge in [0.15, 0.2) is 0 Å².